The van der Waals surface area contributed by atoms with Gasteiger partial charge in [-0.1, -0.05) is 0 Å². The molecule has 0 saturated carbocycles. The fourth-order valence-electron chi connectivity index (χ4n) is 4.69. The molecule has 3 aromatic rings. The molecule has 0 bridgehead atoms. The van der Waals surface area contributed by atoms with E-state index in [9.17, 15) is 0 Å². The van der Waals surface area contributed by atoms with Gasteiger partial charge in [0.1, 0.15) is 0 Å². The van der Waals surface area contributed by atoms with Crippen molar-refractivity contribution in [1.82, 2.24) is 0 Å². The van der Waals surface area contributed by atoms with E-state index in [0.29, 0.717) is 9.54 Å². The van der Waals surface area contributed by atoms with Gasteiger partial charge in [0.05, 0.1) is 0 Å². The molecule has 0 heterocycles. The molecule has 0 N–H and O–H groups in total. The summed E-state index contributed by atoms with van der Waals surface area (Å²) in [6, 6.07) is 20.1. The van der Waals surface area contributed by atoms with Gasteiger partial charge in [-0.2, -0.15) is 0 Å². The van der Waals surface area contributed by atoms with Crippen LogP contribution in [0.25, 0.3) is 16.8 Å². The molecule has 2 aliphatic rings. The van der Waals surface area contributed by atoms with Gasteiger partial charge in [0, 0.05) is 0 Å². The quantitative estimate of drug-likeness (QED) is 0.404. The minimum absolute atomic E-state index is 0.306. The van der Waals surface area contributed by atoms with Gasteiger partial charge in [-0.25, -0.2) is 0 Å². The van der Waals surface area contributed by atoms with Crippen LogP contribution in [0.2, 0.25) is 0 Å². The molecule has 123 valence electrons. The number of hydrogen-bond donors (Lipinski definition) is 0. The van der Waals surface area contributed by atoms with Gasteiger partial charge in [-0.05, 0) is 0 Å². The summed E-state index contributed by atoms with van der Waals surface area (Å²) >= 11 is -2.38. The summed E-state index contributed by atoms with van der Waals surface area (Å²) in [6.07, 6.45) is 3.42. The van der Waals surface area contributed by atoms with Crippen molar-refractivity contribution in [3.8, 4) is 0 Å². The second-order valence-corrected chi connectivity index (χ2v) is 15.9. The standard InChI is InChI=1S/C22H17.2ClH.Zr/c1-14-11-16-7-4-9-18(20(16)12-14)21-13-17-8-2-5-15-6-3-10-19(21)22(15)17;;;/h2-12,21H,13H2,1H3;2*1H;/q;;;+2/p-2/t21-;;;/m0.../s1. The van der Waals surface area contributed by atoms with Crippen LogP contribution in [0.1, 0.15) is 44.3 Å². The van der Waals surface area contributed by atoms with Crippen LogP contribution in [-0.2, 0) is 25.8 Å². The van der Waals surface area contributed by atoms with E-state index < -0.39 is 19.4 Å². The number of halogens is 2. The predicted octanol–water partition coefficient (Wildman–Crippen LogP) is 6.91. The van der Waals surface area contributed by atoms with Crippen LogP contribution < -0.4 is 0 Å². The monoisotopic (exact) mass is 441 g/mol. The molecule has 0 amide bonds. The van der Waals surface area contributed by atoms with Crippen molar-refractivity contribution in [1.29, 1.82) is 0 Å². The van der Waals surface area contributed by atoms with Crippen molar-refractivity contribution in [3.63, 3.8) is 0 Å². The Labute approximate surface area is 163 Å². The Kier molecular flexibility index (Phi) is 3.97. The SMILES string of the molecule is CC1=Cc2c(cccc2[C@@H]2Cc3cccc4cccc2c34)[CH]1[Zr]([Cl])[Cl]. The van der Waals surface area contributed by atoms with E-state index in [-0.39, 0.29) is 0 Å². The van der Waals surface area contributed by atoms with Crippen LogP contribution in [0.3, 0.4) is 0 Å². The van der Waals surface area contributed by atoms with E-state index in [0.717, 1.165) is 6.42 Å². The molecule has 0 aliphatic heterocycles. The fraction of sp³-hybridized carbons (Fsp3) is 0.182. The van der Waals surface area contributed by atoms with Crippen molar-refractivity contribution >= 4 is 33.9 Å². The Morgan fingerprint density at radius 2 is 1.56 bits per heavy atom. The van der Waals surface area contributed by atoms with E-state index in [4.69, 9.17) is 17.0 Å². The zero-order valence-electron chi connectivity index (χ0n) is 13.9. The molecule has 0 aromatic heterocycles. The molecule has 25 heavy (non-hydrogen) atoms. The van der Waals surface area contributed by atoms with Gasteiger partial charge < -0.3 is 0 Å². The molecule has 3 heteroatoms. The second-order valence-electron chi connectivity index (χ2n) is 7.08. The van der Waals surface area contributed by atoms with Crippen molar-refractivity contribution in [2.75, 3.05) is 0 Å². The first-order valence-corrected chi connectivity index (χ1v) is 16.4. The molecule has 5 rings (SSSR count). The van der Waals surface area contributed by atoms with Gasteiger partial charge in [-0.3, -0.25) is 0 Å². The fourth-order valence-corrected chi connectivity index (χ4v) is 10.4. The maximum absolute atomic E-state index is 6.48. The number of benzene rings is 3. The number of hydrogen-bond acceptors (Lipinski definition) is 0. The number of rotatable bonds is 2. The third kappa shape index (κ3) is 2.43. The third-order valence-corrected chi connectivity index (χ3v) is 11.3. The van der Waals surface area contributed by atoms with Crippen molar-refractivity contribution in [3.05, 3.63) is 88.0 Å². The first-order chi connectivity index (χ1) is 12.1. The molecular weight excluding hydrogens is 426 g/mol. The minimum atomic E-state index is -2.38. The Hall–Kier alpha value is -0.877. The van der Waals surface area contributed by atoms with E-state index in [1.165, 1.54) is 44.2 Å². The zero-order chi connectivity index (χ0) is 17.1. The van der Waals surface area contributed by atoms with Crippen molar-refractivity contribution < 1.29 is 19.4 Å². The van der Waals surface area contributed by atoms with Gasteiger partial charge >= 0.3 is 164 Å². The van der Waals surface area contributed by atoms with Gasteiger partial charge in [-0.15, -0.1) is 0 Å². The van der Waals surface area contributed by atoms with Crippen molar-refractivity contribution in [2.24, 2.45) is 0 Å². The summed E-state index contributed by atoms with van der Waals surface area (Å²) in [7, 11) is 13.0. The van der Waals surface area contributed by atoms with Crippen LogP contribution in [0.4, 0.5) is 0 Å². The Bertz CT molecular complexity index is 1030. The van der Waals surface area contributed by atoms with Crippen LogP contribution >= 0.6 is 17.0 Å². The van der Waals surface area contributed by atoms with Crippen LogP contribution in [0, 0.1) is 0 Å². The average molecular weight is 444 g/mol. The topological polar surface area (TPSA) is 0 Å². The van der Waals surface area contributed by atoms with Crippen molar-refractivity contribution in [2.45, 2.75) is 22.9 Å². The van der Waals surface area contributed by atoms with E-state index in [1.54, 1.807) is 0 Å². The van der Waals surface area contributed by atoms with Gasteiger partial charge in [0.25, 0.3) is 0 Å². The molecule has 0 radical (unpaired) electrons. The summed E-state index contributed by atoms with van der Waals surface area (Å²) in [4.78, 5) is 0. The molecule has 0 nitrogen and oxygen atoms in total. The first kappa shape index (κ1) is 16.3. The summed E-state index contributed by atoms with van der Waals surface area (Å²) in [5, 5.41) is 2.81. The Morgan fingerprint density at radius 1 is 0.880 bits per heavy atom. The van der Waals surface area contributed by atoms with E-state index in [1.807, 2.05) is 0 Å². The average Bonchev–Trinajstić information content (AvgIpc) is 3.14. The Morgan fingerprint density at radius 3 is 2.36 bits per heavy atom. The van der Waals surface area contributed by atoms with Crippen LogP contribution in [0.15, 0.2) is 60.2 Å². The summed E-state index contributed by atoms with van der Waals surface area (Å²) in [5.74, 6) is 0.427. The molecule has 2 aliphatic carbocycles. The van der Waals surface area contributed by atoms with Crippen LogP contribution in [0.5, 0.6) is 0 Å². The molecule has 3 aromatic carbocycles. The zero-order valence-corrected chi connectivity index (χ0v) is 17.9. The first-order valence-electron chi connectivity index (χ1n) is 8.64. The molecular formula is C22H17Cl2Zr. The van der Waals surface area contributed by atoms with Gasteiger partial charge in [0.2, 0.25) is 0 Å². The van der Waals surface area contributed by atoms with E-state index in [2.05, 4.69) is 67.6 Å². The Balaban J connectivity index is 1.70. The third-order valence-electron chi connectivity index (χ3n) is 5.73. The second kappa shape index (κ2) is 6.09. The molecule has 0 spiro atoms. The summed E-state index contributed by atoms with van der Waals surface area (Å²) in [5.41, 5.74) is 8.44. The number of allylic oxidation sites excluding steroid dienone is 1. The summed E-state index contributed by atoms with van der Waals surface area (Å²) in [6.45, 7) is 2.18. The molecule has 0 saturated heterocycles. The maximum atomic E-state index is 6.48. The summed E-state index contributed by atoms with van der Waals surface area (Å²) < 4.78 is 0.306. The molecule has 0 fully saturated rings. The van der Waals surface area contributed by atoms with Gasteiger partial charge in [0.15, 0.2) is 0 Å². The number of fused-ring (bicyclic) bond motifs is 1. The van der Waals surface area contributed by atoms with Crippen LogP contribution in [-0.4, -0.2) is 0 Å². The normalized spacial score (nSPS) is 20.7. The van der Waals surface area contributed by atoms with E-state index >= 15 is 0 Å². The molecule has 1 unspecified atom stereocenters. The predicted molar refractivity (Wildman–Crippen MR) is 104 cm³/mol. The molecule has 2 atom stereocenters.